The third kappa shape index (κ3) is 3.51. The van der Waals surface area contributed by atoms with Crippen LogP contribution in [0.3, 0.4) is 0 Å². The van der Waals surface area contributed by atoms with Gasteiger partial charge in [0.2, 0.25) is 10.0 Å². The number of sulfonamides is 1. The van der Waals surface area contributed by atoms with Gasteiger partial charge in [-0.05, 0) is 18.2 Å². The third-order valence-corrected chi connectivity index (χ3v) is 5.89. The number of halogens is 1. The highest BCUT2D eigenvalue weighted by molar-refractivity contribution is 7.99. The molecule has 0 spiro atoms. The lowest BCUT2D eigenvalue weighted by molar-refractivity contribution is 0.385. The van der Waals surface area contributed by atoms with Crippen LogP contribution in [0, 0.1) is 5.82 Å². The molecule has 0 unspecified atom stereocenters. The topological polar surface area (TPSA) is 73.2 Å². The van der Waals surface area contributed by atoms with Gasteiger partial charge in [0, 0.05) is 31.5 Å². The Bertz CT molecular complexity index is 799. The summed E-state index contributed by atoms with van der Waals surface area (Å²) < 4.78 is 47.3. The van der Waals surface area contributed by atoms with Crippen molar-refractivity contribution in [1.29, 1.82) is 0 Å². The Hall–Kier alpha value is -1.58. The van der Waals surface area contributed by atoms with E-state index < -0.39 is 15.8 Å². The number of nitrogens with zero attached hydrogens (tertiary/aromatic N) is 2. The molecule has 9 heteroatoms. The van der Waals surface area contributed by atoms with Crippen LogP contribution in [0.15, 0.2) is 34.4 Å². The molecule has 0 saturated carbocycles. The summed E-state index contributed by atoms with van der Waals surface area (Å²) in [6, 6.07) is 3.55. The van der Waals surface area contributed by atoms with E-state index in [1.54, 1.807) is 11.8 Å². The number of imidazole rings is 1. The van der Waals surface area contributed by atoms with Crippen LogP contribution in [0.2, 0.25) is 0 Å². The number of benzene rings is 1. The van der Waals surface area contributed by atoms with E-state index >= 15 is 0 Å². The van der Waals surface area contributed by atoms with Crippen LogP contribution < -0.4 is 9.46 Å². The van der Waals surface area contributed by atoms with E-state index in [0.29, 0.717) is 6.42 Å². The molecule has 0 saturated heterocycles. The number of aromatic nitrogens is 2. The second kappa shape index (κ2) is 6.50. The second-order valence-corrected chi connectivity index (χ2v) is 7.83. The van der Waals surface area contributed by atoms with Gasteiger partial charge in [-0.15, -0.1) is 0 Å². The van der Waals surface area contributed by atoms with Gasteiger partial charge in [-0.1, -0.05) is 11.8 Å². The number of aryl methyl sites for hydroxylation is 1. The van der Waals surface area contributed by atoms with Crippen molar-refractivity contribution in [3.8, 4) is 5.75 Å². The zero-order valence-electron chi connectivity index (χ0n) is 12.5. The van der Waals surface area contributed by atoms with E-state index in [0.717, 1.165) is 29.2 Å². The molecule has 124 valence electrons. The summed E-state index contributed by atoms with van der Waals surface area (Å²) in [5, 5.41) is 0.972. The van der Waals surface area contributed by atoms with Crippen LogP contribution in [-0.2, 0) is 23.0 Å². The van der Waals surface area contributed by atoms with Gasteiger partial charge in [-0.2, -0.15) is 0 Å². The minimum Gasteiger partial charge on any atom is -0.494 e. The van der Waals surface area contributed by atoms with E-state index in [1.807, 2.05) is 6.20 Å². The molecule has 1 aromatic carbocycles. The number of hydrogen-bond acceptors (Lipinski definition) is 5. The molecule has 1 aromatic heterocycles. The van der Waals surface area contributed by atoms with E-state index in [2.05, 4.69) is 14.3 Å². The van der Waals surface area contributed by atoms with E-state index in [4.69, 9.17) is 4.74 Å². The Labute approximate surface area is 138 Å². The highest BCUT2D eigenvalue weighted by Crippen LogP contribution is 2.24. The molecule has 1 N–H and O–H groups in total. The Balaban J connectivity index is 1.63. The van der Waals surface area contributed by atoms with Gasteiger partial charge in [0.15, 0.2) is 16.7 Å². The van der Waals surface area contributed by atoms with Crippen LogP contribution in [0.1, 0.15) is 5.69 Å². The molecular weight excluding hydrogens is 341 g/mol. The minimum absolute atomic E-state index is 0.00831. The monoisotopic (exact) mass is 357 g/mol. The fourth-order valence-electron chi connectivity index (χ4n) is 2.29. The summed E-state index contributed by atoms with van der Waals surface area (Å²) >= 11 is 1.69. The van der Waals surface area contributed by atoms with Gasteiger partial charge in [0.05, 0.1) is 17.7 Å². The third-order valence-electron chi connectivity index (χ3n) is 3.46. The number of thioether (sulfide) groups is 1. The molecule has 0 fully saturated rings. The first kappa shape index (κ1) is 16.3. The summed E-state index contributed by atoms with van der Waals surface area (Å²) in [4.78, 5) is 4.31. The lowest BCUT2D eigenvalue weighted by atomic mass is 10.3. The van der Waals surface area contributed by atoms with Crippen molar-refractivity contribution in [3.05, 3.63) is 35.9 Å². The largest absolute Gasteiger partial charge is 0.494 e. The Morgan fingerprint density at radius 3 is 3.00 bits per heavy atom. The molecular formula is C14H16FN3O3S2. The molecule has 0 atom stereocenters. The second-order valence-electron chi connectivity index (χ2n) is 5.00. The van der Waals surface area contributed by atoms with Crippen molar-refractivity contribution in [2.45, 2.75) is 23.0 Å². The van der Waals surface area contributed by atoms with Gasteiger partial charge in [-0.3, -0.25) is 0 Å². The number of nitrogens with one attached hydrogen (secondary N) is 1. The number of ether oxygens (including phenoxy) is 1. The summed E-state index contributed by atoms with van der Waals surface area (Å²) in [5.41, 5.74) is 0.843. The normalized spacial score (nSPS) is 14.0. The molecule has 2 heterocycles. The van der Waals surface area contributed by atoms with Crippen LogP contribution >= 0.6 is 11.8 Å². The van der Waals surface area contributed by atoms with E-state index in [1.165, 1.54) is 19.2 Å². The van der Waals surface area contributed by atoms with Crippen molar-refractivity contribution in [2.24, 2.45) is 0 Å². The van der Waals surface area contributed by atoms with Crippen LogP contribution in [0.4, 0.5) is 4.39 Å². The predicted octanol–water partition coefficient (Wildman–Crippen LogP) is 1.66. The first-order valence-electron chi connectivity index (χ1n) is 7.01. The maximum atomic E-state index is 13.6. The van der Waals surface area contributed by atoms with Gasteiger partial charge in [-0.25, -0.2) is 22.5 Å². The van der Waals surface area contributed by atoms with Crippen LogP contribution in [-0.4, -0.2) is 37.4 Å². The van der Waals surface area contributed by atoms with Gasteiger partial charge in [0.25, 0.3) is 0 Å². The lowest BCUT2D eigenvalue weighted by Crippen LogP contribution is -2.26. The fourth-order valence-corrected chi connectivity index (χ4v) is 4.30. The average molecular weight is 357 g/mol. The maximum Gasteiger partial charge on any atom is 0.240 e. The molecule has 0 bridgehead atoms. The molecule has 1 aliphatic heterocycles. The van der Waals surface area contributed by atoms with Crippen molar-refractivity contribution in [1.82, 2.24) is 14.3 Å². The zero-order valence-corrected chi connectivity index (χ0v) is 14.1. The quantitative estimate of drug-likeness (QED) is 0.851. The maximum absolute atomic E-state index is 13.6. The first-order valence-corrected chi connectivity index (χ1v) is 9.48. The summed E-state index contributed by atoms with van der Waals surface area (Å²) in [5.74, 6) is 0.324. The Morgan fingerprint density at radius 1 is 1.48 bits per heavy atom. The summed E-state index contributed by atoms with van der Waals surface area (Å²) in [6.07, 6.45) is 2.43. The van der Waals surface area contributed by atoms with Gasteiger partial charge in [0.1, 0.15) is 0 Å². The lowest BCUT2D eigenvalue weighted by Gasteiger charge is -2.08. The molecule has 2 aromatic rings. The van der Waals surface area contributed by atoms with Crippen molar-refractivity contribution >= 4 is 21.8 Å². The van der Waals surface area contributed by atoms with Crippen LogP contribution in [0.25, 0.3) is 0 Å². The molecule has 0 radical (unpaired) electrons. The molecule has 1 aliphatic rings. The standard InChI is InChI=1S/C14H16FN3O3S2/c1-21-13-3-2-11(8-12(13)15)23(19,20)16-5-4-10-9-18-6-7-22-14(18)17-10/h2-3,8-9,16H,4-7H2,1H3. The van der Waals surface area contributed by atoms with E-state index in [9.17, 15) is 12.8 Å². The number of hydrogen-bond donors (Lipinski definition) is 1. The van der Waals surface area contributed by atoms with E-state index in [-0.39, 0.29) is 17.2 Å². The van der Waals surface area contributed by atoms with Gasteiger partial charge >= 0.3 is 0 Å². The summed E-state index contributed by atoms with van der Waals surface area (Å²) in [7, 11) is -2.43. The molecule has 0 aliphatic carbocycles. The zero-order chi connectivity index (χ0) is 16.4. The number of rotatable bonds is 6. The predicted molar refractivity (Wildman–Crippen MR) is 84.8 cm³/mol. The van der Waals surface area contributed by atoms with Gasteiger partial charge < -0.3 is 9.30 Å². The smallest absolute Gasteiger partial charge is 0.240 e. The van der Waals surface area contributed by atoms with Crippen molar-refractivity contribution in [3.63, 3.8) is 0 Å². The molecule has 0 amide bonds. The fraction of sp³-hybridized carbons (Fsp3) is 0.357. The van der Waals surface area contributed by atoms with Crippen LogP contribution in [0.5, 0.6) is 5.75 Å². The highest BCUT2D eigenvalue weighted by atomic mass is 32.2. The molecule has 23 heavy (non-hydrogen) atoms. The average Bonchev–Trinajstić information content (AvgIpc) is 3.08. The SMILES string of the molecule is COc1ccc(S(=O)(=O)NCCc2cn3c(n2)SCC3)cc1F. The Kier molecular flexibility index (Phi) is 4.60. The van der Waals surface area contributed by atoms with Crippen molar-refractivity contribution in [2.75, 3.05) is 19.4 Å². The molecule has 6 nitrogen and oxygen atoms in total. The molecule has 3 rings (SSSR count). The first-order chi connectivity index (χ1) is 11.0. The minimum atomic E-state index is -3.76. The summed E-state index contributed by atoms with van der Waals surface area (Å²) in [6.45, 7) is 1.14. The Morgan fingerprint density at radius 2 is 2.30 bits per heavy atom. The number of methoxy groups -OCH3 is 1. The number of fused-ring (bicyclic) bond motifs is 1. The highest BCUT2D eigenvalue weighted by Gasteiger charge is 2.18. The van der Waals surface area contributed by atoms with Crippen molar-refractivity contribution < 1.29 is 17.5 Å².